The minimum atomic E-state index is -5.07. The van der Waals surface area contributed by atoms with Gasteiger partial charge in [-0.05, 0) is 19.1 Å². The second-order valence-corrected chi connectivity index (χ2v) is 7.89. The van der Waals surface area contributed by atoms with Gasteiger partial charge in [0, 0.05) is 5.92 Å². The van der Waals surface area contributed by atoms with E-state index in [4.69, 9.17) is 16.7 Å². The third-order valence-corrected chi connectivity index (χ3v) is 5.35. The van der Waals surface area contributed by atoms with Gasteiger partial charge in [0.25, 0.3) is 0 Å². The molecule has 1 amide bonds. The molecule has 0 saturated heterocycles. The average molecular weight is 417 g/mol. The van der Waals surface area contributed by atoms with Crippen molar-refractivity contribution in [3.8, 4) is 6.07 Å². The van der Waals surface area contributed by atoms with E-state index in [1.165, 1.54) is 19.1 Å². The van der Waals surface area contributed by atoms with Gasteiger partial charge in [0.2, 0.25) is 11.9 Å². The fourth-order valence-corrected chi connectivity index (χ4v) is 3.53. The van der Waals surface area contributed by atoms with Crippen LogP contribution in [-0.2, 0) is 14.6 Å². The first kappa shape index (κ1) is 23.0. The average Bonchev–Trinajstić information content (AvgIpc) is 2.58. The number of aryl methyl sites for hydroxylation is 1. The number of allylic oxidation sites excluding steroid dienone is 2. The van der Waals surface area contributed by atoms with E-state index < -0.39 is 50.9 Å². The van der Waals surface area contributed by atoms with Crippen LogP contribution in [0.5, 0.6) is 0 Å². The quantitative estimate of drug-likeness (QED) is 0.371. The number of nitrogens with one attached hydrogen (secondary N) is 1. The van der Waals surface area contributed by atoms with Crippen molar-refractivity contribution in [3.05, 3.63) is 41.2 Å². The number of nitrogens with two attached hydrogens (primary N) is 2. The summed E-state index contributed by atoms with van der Waals surface area (Å²) in [6.45, 7) is 3.04. The van der Waals surface area contributed by atoms with E-state index in [2.05, 4.69) is 4.99 Å². The molecule has 8 nitrogen and oxygen atoms in total. The first-order valence-electron chi connectivity index (χ1n) is 7.69. The number of hydrogen-bond acceptors (Lipinski definition) is 6. The molecule has 0 saturated carbocycles. The molecule has 0 fully saturated rings. The van der Waals surface area contributed by atoms with Gasteiger partial charge < -0.3 is 11.5 Å². The molecule has 12 heteroatoms. The molecule has 0 aliphatic heterocycles. The highest BCUT2D eigenvalue weighted by Gasteiger charge is 2.37. The SMILES string of the molecule is Cc1ccc(S(=O)(=O)CC(C)C(=O)NC(N)=N/C(=C(\N)C#N)C(F)(F)F)cc1. The Morgan fingerprint density at radius 2 is 1.82 bits per heavy atom. The van der Waals surface area contributed by atoms with Crippen LogP contribution in [0.4, 0.5) is 13.2 Å². The summed E-state index contributed by atoms with van der Waals surface area (Å²) >= 11 is 0. The van der Waals surface area contributed by atoms with Gasteiger partial charge in [-0.15, -0.1) is 0 Å². The summed E-state index contributed by atoms with van der Waals surface area (Å²) in [5, 5.41) is 10.4. The standard InChI is InChI=1S/C16H18F3N5O3S/c1-9-3-5-11(6-4-9)28(26,27)8-10(2)14(25)24-15(22)23-13(12(21)7-20)16(17,18)19/h3-6,10H,8,21H2,1-2H3,(H3,22,23,24,25)/b13-12-. The number of hydrogen-bond donors (Lipinski definition) is 3. The van der Waals surface area contributed by atoms with E-state index in [0.717, 1.165) is 11.6 Å². The van der Waals surface area contributed by atoms with Gasteiger partial charge in [0.1, 0.15) is 11.8 Å². The number of rotatable bonds is 5. The summed E-state index contributed by atoms with van der Waals surface area (Å²) in [4.78, 5) is 15.0. The van der Waals surface area contributed by atoms with Gasteiger partial charge in [-0.3, -0.25) is 10.1 Å². The van der Waals surface area contributed by atoms with Crippen molar-refractivity contribution < 1.29 is 26.4 Å². The van der Waals surface area contributed by atoms with Crippen molar-refractivity contribution in [1.82, 2.24) is 5.32 Å². The van der Waals surface area contributed by atoms with Crippen LogP contribution < -0.4 is 16.8 Å². The third kappa shape index (κ3) is 6.27. The summed E-state index contributed by atoms with van der Waals surface area (Å²) in [6, 6.07) is 7.04. The maximum atomic E-state index is 12.8. The first-order chi connectivity index (χ1) is 12.8. The minimum Gasteiger partial charge on any atom is -0.388 e. The number of carbonyl (C=O) groups excluding carboxylic acids is 1. The number of carbonyl (C=O) groups is 1. The van der Waals surface area contributed by atoms with E-state index in [-0.39, 0.29) is 4.90 Å². The van der Waals surface area contributed by atoms with E-state index in [9.17, 15) is 26.4 Å². The van der Waals surface area contributed by atoms with Crippen LogP contribution in [0.1, 0.15) is 12.5 Å². The molecule has 152 valence electrons. The number of aliphatic imine (C=N–C) groups is 1. The highest BCUT2D eigenvalue weighted by Crippen LogP contribution is 2.27. The maximum Gasteiger partial charge on any atom is 0.436 e. The van der Waals surface area contributed by atoms with Gasteiger partial charge in [-0.1, -0.05) is 24.6 Å². The van der Waals surface area contributed by atoms with Crippen LogP contribution in [0.3, 0.4) is 0 Å². The van der Waals surface area contributed by atoms with E-state index in [1.54, 1.807) is 19.1 Å². The largest absolute Gasteiger partial charge is 0.436 e. The number of halogens is 3. The van der Waals surface area contributed by atoms with E-state index >= 15 is 0 Å². The second-order valence-electron chi connectivity index (χ2n) is 5.85. The first-order valence-corrected chi connectivity index (χ1v) is 9.34. The lowest BCUT2D eigenvalue weighted by Crippen LogP contribution is -2.42. The zero-order valence-electron chi connectivity index (χ0n) is 14.9. The number of benzene rings is 1. The second kappa shape index (κ2) is 8.75. The number of guanidine groups is 1. The molecule has 1 aromatic carbocycles. The van der Waals surface area contributed by atoms with E-state index in [1.807, 2.05) is 5.32 Å². The maximum absolute atomic E-state index is 12.8. The van der Waals surface area contributed by atoms with Crippen molar-refractivity contribution in [2.75, 3.05) is 5.75 Å². The molecule has 1 rings (SSSR count). The monoisotopic (exact) mass is 417 g/mol. The lowest BCUT2D eigenvalue weighted by atomic mass is 10.2. The van der Waals surface area contributed by atoms with Crippen LogP contribution >= 0.6 is 0 Å². The van der Waals surface area contributed by atoms with Gasteiger partial charge in [-0.2, -0.15) is 18.4 Å². The highest BCUT2D eigenvalue weighted by molar-refractivity contribution is 7.91. The van der Waals surface area contributed by atoms with Gasteiger partial charge in [0.05, 0.1) is 10.6 Å². The molecular formula is C16H18F3N5O3S. The Morgan fingerprint density at radius 3 is 2.29 bits per heavy atom. The van der Waals surface area contributed by atoms with Crippen molar-refractivity contribution in [1.29, 1.82) is 5.26 Å². The molecule has 0 heterocycles. The topological polar surface area (TPSA) is 151 Å². The number of amides is 1. The summed E-state index contributed by atoms with van der Waals surface area (Å²) in [5.41, 5.74) is 8.05. The summed E-state index contributed by atoms with van der Waals surface area (Å²) in [6.07, 6.45) is -5.07. The van der Waals surface area contributed by atoms with Crippen LogP contribution in [0.15, 0.2) is 45.5 Å². The fraction of sp³-hybridized carbons (Fsp3) is 0.312. The summed E-state index contributed by atoms with van der Waals surface area (Å²) in [7, 11) is -3.81. The van der Waals surface area contributed by atoms with Crippen molar-refractivity contribution in [2.45, 2.75) is 24.9 Å². The third-order valence-electron chi connectivity index (χ3n) is 3.42. The van der Waals surface area contributed by atoms with Crippen molar-refractivity contribution >= 4 is 21.7 Å². The molecule has 1 unspecified atom stereocenters. The molecule has 0 bridgehead atoms. The summed E-state index contributed by atoms with van der Waals surface area (Å²) < 4.78 is 63.1. The zero-order valence-corrected chi connectivity index (χ0v) is 15.7. The lowest BCUT2D eigenvalue weighted by Gasteiger charge is -2.13. The van der Waals surface area contributed by atoms with Crippen molar-refractivity contribution in [2.24, 2.45) is 22.4 Å². The van der Waals surface area contributed by atoms with E-state index in [0.29, 0.717) is 0 Å². The Morgan fingerprint density at radius 1 is 1.29 bits per heavy atom. The Labute approximate surface area is 159 Å². The normalized spacial score (nSPS) is 14.6. The zero-order chi connectivity index (χ0) is 21.7. The molecule has 0 spiro atoms. The number of nitriles is 1. The van der Waals surface area contributed by atoms with Gasteiger partial charge in [0.15, 0.2) is 15.5 Å². The predicted octanol–water partition coefficient (Wildman–Crippen LogP) is 1.09. The number of sulfone groups is 1. The summed E-state index contributed by atoms with van der Waals surface area (Å²) in [5.74, 6) is -3.69. The van der Waals surface area contributed by atoms with Crippen molar-refractivity contribution in [3.63, 3.8) is 0 Å². The molecule has 1 atom stereocenters. The Bertz CT molecular complexity index is 945. The van der Waals surface area contributed by atoms with Gasteiger partial charge in [-0.25, -0.2) is 13.4 Å². The molecular weight excluding hydrogens is 399 g/mol. The molecule has 0 aromatic heterocycles. The molecule has 0 aliphatic rings. The lowest BCUT2D eigenvalue weighted by molar-refractivity contribution is -0.122. The Kier molecular flexibility index (Phi) is 7.17. The Balaban J connectivity index is 2.94. The molecule has 1 aromatic rings. The van der Waals surface area contributed by atoms with Crippen LogP contribution in [-0.4, -0.2) is 32.2 Å². The Hall–Kier alpha value is -3.07. The smallest absolute Gasteiger partial charge is 0.388 e. The molecule has 0 radical (unpaired) electrons. The number of nitrogens with zero attached hydrogens (tertiary/aromatic N) is 2. The molecule has 0 aliphatic carbocycles. The van der Waals surface area contributed by atoms with Gasteiger partial charge >= 0.3 is 6.18 Å². The van der Waals surface area contributed by atoms with Crippen LogP contribution in [0, 0.1) is 24.2 Å². The highest BCUT2D eigenvalue weighted by atomic mass is 32.2. The molecule has 5 N–H and O–H groups in total. The predicted molar refractivity (Wildman–Crippen MR) is 95.0 cm³/mol. The fourth-order valence-electron chi connectivity index (χ4n) is 1.97. The van der Waals surface area contributed by atoms with Crippen LogP contribution in [0.2, 0.25) is 0 Å². The minimum absolute atomic E-state index is 0.00322. The number of alkyl halides is 3. The van der Waals surface area contributed by atoms with Crippen LogP contribution in [0.25, 0.3) is 0 Å². The molecule has 28 heavy (non-hydrogen) atoms.